The zero-order valence-electron chi connectivity index (χ0n) is 20.9. The molecule has 0 atom stereocenters. The van der Waals surface area contributed by atoms with Gasteiger partial charge in [-0.15, -0.1) is 0 Å². The summed E-state index contributed by atoms with van der Waals surface area (Å²) in [5, 5.41) is 9.71. The van der Waals surface area contributed by atoms with Gasteiger partial charge in [0.2, 0.25) is 0 Å². The second kappa shape index (κ2) is 13.2. The summed E-state index contributed by atoms with van der Waals surface area (Å²) in [6, 6.07) is 29.3. The van der Waals surface area contributed by atoms with Crippen LogP contribution in [0.3, 0.4) is 0 Å². The van der Waals surface area contributed by atoms with Crippen molar-refractivity contribution in [3.63, 3.8) is 0 Å². The highest BCUT2D eigenvalue weighted by Crippen LogP contribution is 2.39. The maximum absolute atomic E-state index is 9.71. The Morgan fingerprint density at radius 1 is 0.763 bits per heavy atom. The Morgan fingerprint density at radius 3 is 2.16 bits per heavy atom. The summed E-state index contributed by atoms with van der Waals surface area (Å²) < 4.78 is 24.9. The molecule has 192 valence electrons. The lowest BCUT2D eigenvalue weighted by Crippen LogP contribution is -2.01. The zero-order chi connectivity index (χ0) is 26.9. The van der Waals surface area contributed by atoms with E-state index in [1.807, 2.05) is 91.0 Å². The average Bonchev–Trinajstić information content (AvgIpc) is 2.95. The molecule has 0 saturated carbocycles. The monoisotopic (exact) mass is 633 g/mol. The molecule has 0 aromatic heterocycles. The van der Waals surface area contributed by atoms with Crippen molar-refractivity contribution in [3.8, 4) is 29.1 Å². The van der Waals surface area contributed by atoms with Gasteiger partial charge in [0, 0.05) is 4.47 Å². The lowest BCUT2D eigenvalue weighted by atomic mass is 10.0. The molecule has 0 aliphatic heterocycles. The van der Waals surface area contributed by atoms with Crippen molar-refractivity contribution in [2.24, 2.45) is 0 Å². The molecule has 0 amide bonds. The van der Waals surface area contributed by atoms with E-state index in [9.17, 15) is 5.26 Å². The predicted octanol–water partition coefficient (Wildman–Crippen LogP) is 8.45. The minimum absolute atomic E-state index is 0.293. The molecular weight excluding hydrogens is 610 g/mol. The molecule has 0 spiro atoms. The van der Waals surface area contributed by atoms with Crippen molar-refractivity contribution in [2.75, 3.05) is 14.2 Å². The van der Waals surface area contributed by atoms with E-state index in [-0.39, 0.29) is 0 Å². The van der Waals surface area contributed by atoms with Gasteiger partial charge in [0.05, 0.1) is 30.3 Å². The van der Waals surface area contributed by atoms with Gasteiger partial charge in [0.15, 0.2) is 23.0 Å². The summed E-state index contributed by atoms with van der Waals surface area (Å²) in [4.78, 5) is 0. The van der Waals surface area contributed by atoms with E-state index >= 15 is 0 Å². The van der Waals surface area contributed by atoms with E-state index in [0.29, 0.717) is 46.3 Å². The first-order valence-electron chi connectivity index (χ1n) is 11.7. The molecule has 0 unspecified atom stereocenters. The van der Waals surface area contributed by atoms with Gasteiger partial charge in [-0.3, -0.25) is 0 Å². The van der Waals surface area contributed by atoms with Crippen molar-refractivity contribution in [3.05, 3.63) is 116 Å². The van der Waals surface area contributed by atoms with E-state index in [4.69, 9.17) is 18.9 Å². The second-order valence-electron chi connectivity index (χ2n) is 8.26. The van der Waals surface area contributed by atoms with Crippen LogP contribution < -0.4 is 18.9 Å². The lowest BCUT2D eigenvalue weighted by molar-refractivity contribution is 0.275. The van der Waals surface area contributed by atoms with E-state index in [2.05, 4.69) is 37.9 Å². The van der Waals surface area contributed by atoms with Gasteiger partial charge in [-0.2, -0.15) is 5.26 Å². The van der Waals surface area contributed by atoms with Gasteiger partial charge in [-0.25, -0.2) is 0 Å². The minimum Gasteiger partial charge on any atom is -0.493 e. The van der Waals surface area contributed by atoms with E-state index in [1.54, 1.807) is 14.2 Å². The molecule has 5 nitrogen and oxygen atoms in total. The summed E-state index contributed by atoms with van der Waals surface area (Å²) in [5.74, 6) is 2.41. The van der Waals surface area contributed by atoms with Crippen LogP contribution in [0, 0.1) is 11.3 Å². The maximum Gasteiger partial charge on any atom is 0.175 e. The molecule has 4 aromatic rings. The second-order valence-corrected chi connectivity index (χ2v) is 10.0. The van der Waals surface area contributed by atoms with Gasteiger partial charge in [-0.05, 0) is 80.7 Å². The van der Waals surface area contributed by atoms with Crippen LogP contribution in [0.5, 0.6) is 23.0 Å². The number of benzene rings is 4. The highest BCUT2D eigenvalue weighted by atomic mass is 79.9. The minimum atomic E-state index is 0.293. The van der Waals surface area contributed by atoms with E-state index in [0.717, 1.165) is 26.7 Å². The predicted molar refractivity (Wildman–Crippen MR) is 156 cm³/mol. The van der Waals surface area contributed by atoms with Gasteiger partial charge in [0.1, 0.15) is 13.2 Å². The number of rotatable bonds is 10. The van der Waals surface area contributed by atoms with Gasteiger partial charge in [0.25, 0.3) is 0 Å². The number of hydrogen-bond acceptors (Lipinski definition) is 5. The van der Waals surface area contributed by atoms with Crippen LogP contribution in [-0.2, 0) is 13.2 Å². The first-order chi connectivity index (χ1) is 18.5. The molecule has 0 aliphatic carbocycles. The number of allylic oxidation sites excluding steroid dienone is 1. The summed E-state index contributed by atoms with van der Waals surface area (Å²) in [6.07, 6.45) is 1.82. The number of ether oxygens (including phenoxy) is 4. The van der Waals surface area contributed by atoms with Gasteiger partial charge >= 0.3 is 0 Å². The van der Waals surface area contributed by atoms with Crippen LogP contribution in [0.25, 0.3) is 11.6 Å². The quantitative estimate of drug-likeness (QED) is 0.129. The Bertz CT molecular complexity index is 1460. The normalized spacial score (nSPS) is 11.0. The summed E-state index contributed by atoms with van der Waals surface area (Å²) in [7, 11) is 3.20. The van der Waals surface area contributed by atoms with Crippen LogP contribution in [0.15, 0.2) is 93.9 Å². The molecule has 0 saturated heterocycles. The fraction of sp³-hybridized carbons (Fsp3) is 0.129. The number of methoxy groups -OCH3 is 2. The Labute approximate surface area is 239 Å². The summed E-state index contributed by atoms with van der Waals surface area (Å²) in [5.41, 5.74) is 4.17. The Balaban J connectivity index is 1.50. The lowest BCUT2D eigenvalue weighted by Gasteiger charge is -2.15. The molecule has 38 heavy (non-hydrogen) atoms. The maximum atomic E-state index is 9.71. The SMILES string of the molecule is COc1cc(COc2c(Br)cc(/C=C(\C#N)c3ccc(Br)cc3)cc2OC)ccc1OCc1ccccc1. The fourth-order valence-corrected chi connectivity index (χ4v) is 4.59. The standard InChI is InChI=1S/C31H25Br2NO4/c1-35-29-16-22(8-13-28(29)37-19-21-6-4-3-5-7-21)20-38-31-27(33)15-23(17-30(31)36-2)14-25(18-34)24-9-11-26(32)12-10-24/h3-17H,19-20H2,1-2H3/b25-14+. The van der Waals surface area contributed by atoms with Crippen molar-refractivity contribution in [2.45, 2.75) is 13.2 Å². The van der Waals surface area contributed by atoms with Crippen molar-refractivity contribution >= 4 is 43.5 Å². The Morgan fingerprint density at radius 2 is 1.47 bits per heavy atom. The topological polar surface area (TPSA) is 60.7 Å². The third kappa shape index (κ3) is 6.97. The molecule has 0 fully saturated rings. The third-order valence-electron chi connectivity index (χ3n) is 5.69. The largest absolute Gasteiger partial charge is 0.493 e. The first-order valence-corrected chi connectivity index (χ1v) is 13.3. The van der Waals surface area contributed by atoms with Gasteiger partial charge in [-0.1, -0.05) is 64.5 Å². The first kappa shape index (κ1) is 27.3. The van der Waals surface area contributed by atoms with Crippen LogP contribution in [0.1, 0.15) is 22.3 Å². The highest BCUT2D eigenvalue weighted by molar-refractivity contribution is 9.10. The van der Waals surface area contributed by atoms with Crippen LogP contribution >= 0.6 is 31.9 Å². The molecule has 0 bridgehead atoms. The molecule has 0 aliphatic rings. The van der Waals surface area contributed by atoms with Crippen LogP contribution in [0.2, 0.25) is 0 Å². The number of hydrogen-bond donors (Lipinski definition) is 0. The van der Waals surface area contributed by atoms with E-state index < -0.39 is 0 Å². The van der Waals surface area contributed by atoms with E-state index in [1.165, 1.54) is 0 Å². The molecule has 0 radical (unpaired) electrons. The molecule has 7 heteroatoms. The molecule has 0 N–H and O–H groups in total. The fourth-order valence-electron chi connectivity index (χ4n) is 3.75. The van der Waals surface area contributed by atoms with Crippen molar-refractivity contribution in [1.29, 1.82) is 5.26 Å². The van der Waals surface area contributed by atoms with Crippen LogP contribution in [0.4, 0.5) is 0 Å². The molecule has 4 rings (SSSR count). The Hall–Kier alpha value is -3.73. The summed E-state index contributed by atoms with van der Waals surface area (Å²) in [6.45, 7) is 0.745. The number of nitriles is 1. The summed E-state index contributed by atoms with van der Waals surface area (Å²) >= 11 is 7.03. The smallest absolute Gasteiger partial charge is 0.175 e. The van der Waals surface area contributed by atoms with Crippen molar-refractivity contribution in [1.82, 2.24) is 0 Å². The molecule has 0 heterocycles. The molecular formula is C31H25Br2NO4. The molecule has 4 aromatic carbocycles. The highest BCUT2D eigenvalue weighted by Gasteiger charge is 2.14. The third-order valence-corrected chi connectivity index (χ3v) is 6.80. The van der Waals surface area contributed by atoms with Crippen LogP contribution in [-0.4, -0.2) is 14.2 Å². The number of halogens is 2. The Kier molecular flexibility index (Phi) is 9.47. The number of nitrogens with zero attached hydrogens (tertiary/aromatic N) is 1. The average molecular weight is 635 g/mol. The van der Waals surface area contributed by atoms with Gasteiger partial charge < -0.3 is 18.9 Å². The zero-order valence-corrected chi connectivity index (χ0v) is 24.1. The van der Waals surface area contributed by atoms with Crippen molar-refractivity contribution < 1.29 is 18.9 Å².